The van der Waals surface area contributed by atoms with Gasteiger partial charge in [0.2, 0.25) is 0 Å². The molecule has 0 amide bonds. The van der Waals surface area contributed by atoms with Crippen LogP contribution in [0.2, 0.25) is 5.02 Å². The monoisotopic (exact) mass is 310 g/mol. The molecule has 0 saturated carbocycles. The molecule has 2 aromatic carbocycles. The van der Waals surface area contributed by atoms with Gasteiger partial charge in [0.05, 0.1) is 25.3 Å². The SMILES string of the molecule is COc1cccc(C(O)Cc2ccc(Cl)c(F)c2)c1OC. The molecular formula is C16H16ClFO3. The van der Waals surface area contributed by atoms with Gasteiger partial charge in [-0.3, -0.25) is 0 Å². The molecule has 1 N–H and O–H groups in total. The lowest BCUT2D eigenvalue weighted by Crippen LogP contribution is -2.05. The quantitative estimate of drug-likeness (QED) is 0.913. The highest BCUT2D eigenvalue weighted by Gasteiger charge is 2.17. The Morgan fingerprint density at radius 1 is 1.19 bits per heavy atom. The molecule has 5 heteroatoms. The molecule has 0 radical (unpaired) electrons. The van der Waals surface area contributed by atoms with Crippen molar-refractivity contribution in [1.82, 2.24) is 0 Å². The van der Waals surface area contributed by atoms with Gasteiger partial charge in [-0.2, -0.15) is 0 Å². The standard InChI is InChI=1S/C16H16ClFO3/c1-20-15-5-3-4-11(16(15)21-2)14(19)9-10-6-7-12(17)13(18)8-10/h3-8,14,19H,9H2,1-2H3. The molecule has 0 aliphatic rings. The number of aliphatic hydroxyl groups is 1. The number of methoxy groups -OCH3 is 2. The predicted octanol–water partition coefficient (Wildman–Crippen LogP) is 3.77. The number of benzene rings is 2. The first-order chi connectivity index (χ1) is 10.1. The highest BCUT2D eigenvalue weighted by molar-refractivity contribution is 6.30. The van der Waals surface area contributed by atoms with Gasteiger partial charge in [0, 0.05) is 12.0 Å². The maximum atomic E-state index is 13.4. The average molecular weight is 311 g/mol. The van der Waals surface area contributed by atoms with Gasteiger partial charge in [-0.25, -0.2) is 4.39 Å². The maximum absolute atomic E-state index is 13.4. The van der Waals surface area contributed by atoms with E-state index in [9.17, 15) is 9.50 Å². The van der Waals surface area contributed by atoms with Crippen molar-refractivity contribution in [2.75, 3.05) is 14.2 Å². The first-order valence-electron chi connectivity index (χ1n) is 6.39. The van der Waals surface area contributed by atoms with E-state index in [1.165, 1.54) is 26.4 Å². The predicted molar refractivity (Wildman–Crippen MR) is 79.6 cm³/mol. The Hall–Kier alpha value is -1.78. The van der Waals surface area contributed by atoms with E-state index in [1.54, 1.807) is 24.3 Å². The summed E-state index contributed by atoms with van der Waals surface area (Å²) in [5.74, 6) is 0.511. The fourth-order valence-electron chi connectivity index (χ4n) is 2.17. The molecule has 1 unspecified atom stereocenters. The van der Waals surface area contributed by atoms with Gasteiger partial charge in [0.1, 0.15) is 5.82 Å². The molecule has 3 nitrogen and oxygen atoms in total. The van der Waals surface area contributed by atoms with Crippen molar-refractivity contribution in [1.29, 1.82) is 0 Å². The van der Waals surface area contributed by atoms with Crippen LogP contribution in [0.4, 0.5) is 4.39 Å². The molecule has 0 fully saturated rings. The number of ether oxygens (including phenoxy) is 2. The van der Waals surface area contributed by atoms with E-state index >= 15 is 0 Å². The smallest absolute Gasteiger partial charge is 0.166 e. The maximum Gasteiger partial charge on any atom is 0.166 e. The molecule has 0 aromatic heterocycles. The first-order valence-corrected chi connectivity index (χ1v) is 6.77. The third-order valence-corrected chi connectivity index (χ3v) is 3.51. The van der Waals surface area contributed by atoms with E-state index < -0.39 is 11.9 Å². The second-order valence-corrected chi connectivity index (χ2v) is 4.96. The van der Waals surface area contributed by atoms with E-state index in [4.69, 9.17) is 21.1 Å². The normalized spacial score (nSPS) is 12.0. The summed E-state index contributed by atoms with van der Waals surface area (Å²) in [6.45, 7) is 0. The van der Waals surface area contributed by atoms with Crippen LogP contribution in [-0.4, -0.2) is 19.3 Å². The van der Waals surface area contributed by atoms with Crippen molar-refractivity contribution in [3.63, 3.8) is 0 Å². The number of rotatable bonds is 5. The van der Waals surface area contributed by atoms with E-state index in [0.29, 0.717) is 22.6 Å². The van der Waals surface area contributed by atoms with Crippen LogP contribution in [0.5, 0.6) is 11.5 Å². The average Bonchev–Trinajstić information content (AvgIpc) is 2.49. The van der Waals surface area contributed by atoms with Crippen LogP contribution in [0, 0.1) is 5.82 Å². The zero-order valence-electron chi connectivity index (χ0n) is 11.8. The third kappa shape index (κ3) is 3.46. The summed E-state index contributed by atoms with van der Waals surface area (Å²) in [6, 6.07) is 9.74. The van der Waals surface area contributed by atoms with Crippen LogP contribution in [0.1, 0.15) is 17.2 Å². The van der Waals surface area contributed by atoms with E-state index in [2.05, 4.69) is 0 Å². The summed E-state index contributed by atoms with van der Waals surface area (Å²) >= 11 is 5.65. The molecule has 0 saturated heterocycles. The Morgan fingerprint density at radius 2 is 1.95 bits per heavy atom. The molecule has 2 aromatic rings. The molecule has 0 aliphatic carbocycles. The lowest BCUT2D eigenvalue weighted by Gasteiger charge is -2.17. The van der Waals surface area contributed by atoms with Gasteiger partial charge in [-0.15, -0.1) is 0 Å². The van der Waals surface area contributed by atoms with E-state index in [0.717, 1.165) is 0 Å². The van der Waals surface area contributed by atoms with Gasteiger partial charge >= 0.3 is 0 Å². The third-order valence-electron chi connectivity index (χ3n) is 3.21. The molecule has 0 bridgehead atoms. The van der Waals surface area contributed by atoms with Gasteiger partial charge in [-0.1, -0.05) is 29.8 Å². The number of para-hydroxylation sites is 1. The fraction of sp³-hybridized carbons (Fsp3) is 0.250. The van der Waals surface area contributed by atoms with Crippen LogP contribution in [0.25, 0.3) is 0 Å². The van der Waals surface area contributed by atoms with Crippen LogP contribution >= 0.6 is 11.6 Å². The van der Waals surface area contributed by atoms with Gasteiger partial charge in [0.15, 0.2) is 11.5 Å². The number of hydrogen-bond acceptors (Lipinski definition) is 3. The Bertz CT molecular complexity index is 631. The van der Waals surface area contributed by atoms with Gasteiger partial charge < -0.3 is 14.6 Å². The number of hydrogen-bond donors (Lipinski definition) is 1. The summed E-state index contributed by atoms with van der Waals surface area (Å²) < 4.78 is 23.9. The van der Waals surface area contributed by atoms with Crippen LogP contribution in [0.3, 0.4) is 0 Å². The number of aliphatic hydroxyl groups excluding tert-OH is 1. The van der Waals surface area contributed by atoms with Crippen molar-refractivity contribution in [2.45, 2.75) is 12.5 Å². The lowest BCUT2D eigenvalue weighted by atomic mass is 10.00. The topological polar surface area (TPSA) is 38.7 Å². The molecule has 2 rings (SSSR count). The summed E-state index contributed by atoms with van der Waals surface area (Å²) in [6.07, 6.45) is -0.590. The fourth-order valence-corrected chi connectivity index (χ4v) is 2.29. The van der Waals surface area contributed by atoms with Crippen molar-refractivity contribution in [3.8, 4) is 11.5 Å². The zero-order valence-corrected chi connectivity index (χ0v) is 12.5. The Balaban J connectivity index is 2.27. The highest BCUT2D eigenvalue weighted by atomic mass is 35.5. The second kappa shape index (κ2) is 6.78. The molecule has 21 heavy (non-hydrogen) atoms. The minimum absolute atomic E-state index is 0.0622. The lowest BCUT2D eigenvalue weighted by molar-refractivity contribution is 0.173. The Labute approximate surface area is 127 Å². The molecule has 0 spiro atoms. The summed E-state index contributed by atoms with van der Waals surface area (Å²) in [5.41, 5.74) is 1.24. The molecule has 1 atom stereocenters. The largest absolute Gasteiger partial charge is 0.493 e. The number of halogens is 2. The van der Waals surface area contributed by atoms with Crippen molar-refractivity contribution in [3.05, 3.63) is 58.4 Å². The minimum Gasteiger partial charge on any atom is -0.493 e. The minimum atomic E-state index is -0.837. The summed E-state index contributed by atoms with van der Waals surface area (Å²) in [4.78, 5) is 0. The molecule has 112 valence electrons. The summed E-state index contributed by atoms with van der Waals surface area (Å²) in [7, 11) is 3.04. The van der Waals surface area contributed by atoms with E-state index in [-0.39, 0.29) is 11.4 Å². The van der Waals surface area contributed by atoms with Crippen LogP contribution < -0.4 is 9.47 Å². The first kappa shape index (κ1) is 15.6. The van der Waals surface area contributed by atoms with Crippen LogP contribution in [-0.2, 0) is 6.42 Å². The zero-order chi connectivity index (χ0) is 15.4. The second-order valence-electron chi connectivity index (χ2n) is 4.55. The van der Waals surface area contributed by atoms with Crippen LogP contribution in [0.15, 0.2) is 36.4 Å². The van der Waals surface area contributed by atoms with Gasteiger partial charge in [-0.05, 0) is 23.8 Å². The molecule has 0 aliphatic heterocycles. The Kier molecular flexibility index (Phi) is 5.04. The van der Waals surface area contributed by atoms with Crippen molar-refractivity contribution in [2.24, 2.45) is 0 Å². The highest BCUT2D eigenvalue weighted by Crippen LogP contribution is 2.35. The Morgan fingerprint density at radius 3 is 2.57 bits per heavy atom. The van der Waals surface area contributed by atoms with Crippen molar-refractivity contribution < 1.29 is 19.0 Å². The van der Waals surface area contributed by atoms with Gasteiger partial charge in [0.25, 0.3) is 0 Å². The molecular weight excluding hydrogens is 295 g/mol. The molecule has 0 heterocycles. The van der Waals surface area contributed by atoms with Crippen molar-refractivity contribution >= 4 is 11.6 Å². The summed E-state index contributed by atoms with van der Waals surface area (Å²) in [5, 5.41) is 10.4. The van der Waals surface area contributed by atoms with E-state index in [1.807, 2.05) is 0 Å².